The zero-order valence-electron chi connectivity index (χ0n) is 20.9. The summed E-state index contributed by atoms with van der Waals surface area (Å²) >= 11 is 1.36. The molecule has 14 nitrogen and oxygen atoms in total. The zero-order valence-corrected chi connectivity index (χ0v) is 21.7. The van der Waals surface area contributed by atoms with Gasteiger partial charge in [-0.1, -0.05) is 6.92 Å². The number of rotatable bonds is 8. The molecule has 0 spiro atoms. The summed E-state index contributed by atoms with van der Waals surface area (Å²) < 4.78 is 15.1. The molecule has 1 aromatic rings. The zero-order chi connectivity index (χ0) is 27.3. The number of β-lactam (4-membered cyclic amide) rings is 1. The molecular formula is C22H30FN9O5S. The molecule has 206 valence electrons. The van der Waals surface area contributed by atoms with Crippen LogP contribution >= 0.6 is 11.8 Å². The van der Waals surface area contributed by atoms with Crippen molar-refractivity contribution >= 4 is 35.5 Å². The Morgan fingerprint density at radius 1 is 1.37 bits per heavy atom. The van der Waals surface area contributed by atoms with Gasteiger partial charge in [-0.15, -0.1) is 16.9 Å². The summed E-state index contributed by atoms with van der Waals surface area (Å²) in [4.78, 5) is 53.9. The van der Waals surface area contributed by atoms with Gasteiger partial charge in [-0.25, -0.2) is 13.9 Å². The number of nitrogens with zero attached hydrogens (tertiary/aromatic N) is 6. The largest absolute Gasteiger partial charge is 0.477 e. The minimum atomic E-state index is -1.24. The predicted octanol–water partition coefficient (Wildman–Crippen LogP) is -2.08. The maximum Gasteiger partial charge on any atom is 0.353 e. The molecule has 5 heterocycles. The molecule has 3 saturated heterocycles. The van der Waals surface area contributed by atoms with E-state index in [2.05, 4.69) is 26.2 Å². The number of carbonyl (C=O) groups is 4. The predicted molar refractivity (Wildman–Crippen MR) is 131 cm³/mol. The number of carboxylic acid groups (broad SMARTS) is 1. The molecule has 4 aliphatic rings. The van der Waals surface area contributed by atoms with E-state index in [1.807, 2.05) is 6.92 Å². The standard InChI is InChI=1S/C22H30FN9O5S/c1-9-17-16(10(2)27-15(33)7-31-8-26-28-29-31)21(35)32(17)18(22(36)37)19(9)38-11-3-14(25-4-11)20(34)30-5-12(23)13(24)6-30/h8-14,16-17,25H,3-7,24H2,1-2H3,(H,27,33)(H,36,37)/t9-,10-,11+,12?,13?,14+,16-,17-/m1/s1. The first-order valence-electron chi connectivity index (χ1n) is 12.5. The first kappa shape index (κ1) is 26.5. The highest BCUT2D eigenvalue weighted by Gasteiger charge is 2.60. The molecule has 0 radical (unpaired) electrons. The van der Waals surface area contributed by atoms with Crippen molar-refractivity contribution in [3.8, 4) is 0 Å². The van der Waals surface area contributed by atoms with Gasteiger partial charge in [0.15, 0.2) is 0 Å². The normalized spacial score (nSPS) is 33.4. The number of nitrogens with one attached hydrogen (secondary N) is 2. The third kappa shape index (κ3) is 4.64. The van der Waals surface area contributed by atoms with Crippen LogP contribution in [0.5, 0.6) is 0 Å². The van der Waals surface area contributed by atoms with Crippen molar-refractivity contribution in [2.24, 2.45) is 17.6 Å². The van der Waals surface area contributed by atoms with E-state index in [1.54, 1.807) is 6.92 Å². The summed E-state index contributed by atoms with van der Waals surface area (Å²) in [7, 11) is 0. The van der Waals surface area contributed by atoms with E-state index >= 15 is 0 Å². The molecule has 0 saturated carbocycles. The number of aliphatic carboxylic acids is 1. The van der Waals surface area contributed by atoms with Gasteiger partial charge >= 0.3 is 5.97 Å². The molecule has 8 atom stereocenters. The number of aromatic nitrogens is 4. The smallest absolute Gasteiger partial charge is 0.353 e. The van der Waals surface area contributed by atoms with Crippen molar-refractivity contribution in [1.29, 1.82) is 0 Å². The Bertz CT molecular complexity index is 1160. The maximum atomic E-state index is 13.8. The van der Waals surface area contributed by atoms with E-state index in [-0.39, 0.29) is 54.2 Å². The molecule has 3 amide bonds. The van der Waals surface area contributed by atoms with Crippen LogP contribution in [0.2, 0.25) is 0 Å². The molecule has 0 bridgehead atoms. The molecule has 5 rings (SSSR count). The van der Waals surface area contributed by atoms with Gasteiger partial charge < -0.3 is 31.3 Å². The van der Waals surface area contributed by atoms with E-state index in [4.69, 9.17) is 5.73 Å². The third-order valence-corrected chi connectivity index (χ3v) is 9.21. The van der Waals surface area contributed by atoms with Crippen LogP contribution in [0.1, 0.15) is 20.3 Å². The van der Waals surface area contributed by atoms with Gasteiger partial charge in [0.2, 0.25) is 17.7 Å². The number of carboxylic acids is 1. The van der Waals surface area contributed by atoms with Gasteiger partial charge in [-0.05, 0) is 23.8 Å². The summed E-state index contributed by atoms with van der Waals surface area (Å²) in [5, 5.41) is 26.5. The number of alkyl halides is 1. The topological polar surface area (TPSA) is 189 Å². The molecular weight excluding hydrogens is 521 g/mol. The van der Waals surface area contributed by atoms with Gasteiger partial charge in [0.1, 0.15) is 24.7 Å². The second kappa shape index (κ2) is 10.2. The van der Waals surface area contributed by atoms with E-state index < -0.39 is 42.2 Å². The summed E-state index contributed by atoms with van der Waals surface area (Å²) in [6, 6.07) is -2.12. The van der Waals surface area contributed by atoms with Crippen LogP contribution in [0, 0.1) is 11.8 Å². The average molecular weight is 552 g/mol. The maximum absolute atomic E-state index is 13.8. The van der Waals surface area contributed by atoms with Crippen LogP contribution in [-0.2, 0) is 25.7 Å². The molecule has 0 aliphatic carbocycles. The van der Waals surface area contributed by atoms with E-state index in [0.29, 0.717) is 17.9 Å². The van der Waals surface area contributed by atoms with Crippen LogP contribution in [0.3, 0.4) is 0 Å². The van der Waals surface area contributed by atoms with Crippen molar-refractivity contribution in [1.82, 2.24) is 40.6 Å². The number of amides is 3. The van der Waals surface area contributed by atoms with Gasteiger partial charge in [0, 0.05) is 35.2 Å². The molecule has 4 aliphatic heterocycles. The van der Waals surface area contributed by atoms with Crippen molar-refractivity contribution in [2.75, 3.05) is 19.6 Å². The number of fused-ring (bicyclic) bond motifs is 1. The van der Waals surface area contributed by atoms with Gasteiger partial charge in [0.05, 0.1) is 30.6 Å². The monoisotopic (exact) mass is 551 g/mol. The highest BCUT2D eigenvalue weighted by atomic mass is 32.2. The number of hydrogen-bond donors (Lipinski definition) is 4. The van der Waals surface area contributed by atoms with E-state index in [9.17, 15) is 28.7 Å². The second-order valence-corrected chi connectivity index (χ2v) is 11.6. The first-order valence-corrected chi connectivity index (χ1v) is 13.3. The molecule has 0 aromatic carbocycles. The highest BCUT2D eigenvalue weighted by Crippen LogP contribution is 2.51. The lowest BCUT2D eigenvalue weighted by atomic mass is 9.78. The van der Waals surface area contributed by atoms with E-state index in [0.717, 1.165) is 0 Å². The summed E-state index contributed by atoms with van der Waals surface area (Å²) in [5.74, 6) is -2.98. The molecule has 2 unspecified atom stereocenters. The lowest BCUT2D eigenvalue weighted by Gasteiger charge is -2.47. The number of tetrazole rings is 1. The third-order valence-electron chi connectivity index (χ3n) is 7.70. The van der Waals surface area contributed by atoms with Gasteiger partial charge in [-0.2, -0.15) is 0 Å². The molecule has 38 heavy (non-hydrogen) atoms. The Balaban J connectivity index is 1.23. The minimum Gasteiger partial charge on any atom is -0.477 e. The van der Waals surface area contributed by atoms with Crippen LogP contribution in [0.4, 0.5) is 4.39 Å². The average Bonchev–Trinajstić information content (AvgIpc) is 3.63. The Morgan fingerprint density at radius 2 is 2.13 bits per heavy atom. The van der Waals surface area contributed by atoms with Crippen molar-refractivity contribution < 1.29 is 28.7 Å². The Morgan fingerprint density at radius 3 is 2.76 bits per heavy atom. The summed E-state index contributed by atoms with van der Waals surface area (Å²) in [6.45, 7) is 4.11. The van der Waals surface area contributed by atoms with Crippen LogP contribution < -0.4 is 16.4 Å². The molecule has 16 heteroatoms. The Kier molecular flexibility index (Phi) is 7.13. The first-order chi connectivity index (χ1) is 18.1. The molecule has 3 fully saturated rings. The van der Waals surface area contributed by atoms with Crippen molar-refractivity contribution in [3.63, 3.8) is 0 Å². The SMILES string of the molecule is C[C@@H](NC(=O)Cn1cnnn1)[C@H]1C(=O)N2C(C(=O)O)=C(S[C@@H]3CN[C@H](C(=O)N4CC(N)C(F)C4)C3)[C@H](C)[C@H]12. The minimum absolute atomic E-state index is 0.0219. The number of carbonyl (C=O) groups excluding carboxylic acids is 3. The number of nitrogens with two attached hydrogens (primary N) is 1. The quantitative estimate of drug-likeness (QED) is 0.260. The molecule has 1 aromatic heterocycles. The number of halogens is 1. The summed E-state index contributed by atoms with van der Waals surface area (Å²) in [5.41, 5.74) is 5.67. The van der Waals surface area contributed by atoms with Gasteiger partial charge in [0.25, 0.3) is 0 Å². The van der Waals surface area contributed by atoms with Gasteiger partial charge in [-0.3, -0.25) is 14.4 Å². The van der Waals surface area contributed by atoms with E-state index in [1.165, 1.54) is 32.6 Å². The second-order valence-electron chi connectivity index (χ2n) is 10.3. The molecule has 5 N–H and O–H groups in total. The van der Waals surface area contributed by atoms with Crippen LogP contribution in [-0.4, -0.2) is 114 Å². The fourth-order valence-corrected chi connectivity index (χ4v) is 7.31. The van der Waals surface area contributed by atoms with Crippen LogP contribution in [0.15, 0.2) is 16.9 Å². The number of hydrogen-bond acceptors (Lipinski definition) is 10. The van der Waals surface area contributed by atoms with Crippen LogP contribution in [0.25, 0.3) is 0 Å². The van der Waals surface area contributed by atoms with Crippen molar-refractivity contribution in [2.45, 2.75) is 62.4 Å². The number of thioether (sulfide) groups is 1. The number of likely N-dealkylation sites (tertiary alicyclic amines) is 1. The van der Waals surface area contributed by atoms with Crippen molar-refractivity contribution in [3.05, 3.63) is 16.9 Å². The summed E-state index contributed by atoms with van der Waals surface area (Å²) in [6.07, 6.45) is 0.510. The fraction of sp³-hybridized carbons (Fsp3) is 0.682. The highest BCUT2D eigenvalue weighted by molar-refractivity contribution is 8.03. The lowest BCUT2D eigenvalue weighted by Crippen LogP contribution is -2.66. The Labute approximate surface area is 221 Å². The lowest BCUT2D eigenvalue weighted by molar-refractivity contribution is -0.158. The fourth-order valence-electron chi connectivity index (χ4n) is 5.84. The Hall–Kier alpha value is -3.11.